The van der Waals surface area contributed by atoms with E-state index >= 15 is 0 Å². The smallest absolute Gasteiger partial charge is 0.337 e. The van der Waals surface area contributed by atoms with Gasteiger partial charge < -0.3 is 5.11 Å². The summed E-state index contributed by atoms with van der Waals surface area (Å²) in [6.07, 6.45) is 0.729. The Morgan fingerprint density at radius 2 is 2.29 bits per heavy atom. The first kappa shape index (κ1) is 10.7. The molecule has 0 unspecified atom stereocenters. The van der Waals surface area contributed by atoms with Gasteiger partial charge in [0.1, 0.15) is 6.07 Å². The fourth-order valence-corrected chi connectivity index (χ4v) is 1.78. The lowest BCUT2D eigenvalue weighted by atomic mass is 10.0. The van der Waals surface area contributed by atoms with Crippen molar-refractivity contribution in [2.75, 3.05) is 0 Å². The highest BCUT2D eigenvalue weighted by molar-refractivity contribution is 9.10. The van der Waals surface area contributed by atoms with Crippen LogP contribution in [0.15, 0.2) is 16.6 Å². The minimum atomic E-state index is -1.07. The molecule has 0 spiro atoms. The number of nitrogens with zero attached hydrogens (tertiary/aromatic N) is 1. The number of nitriles is 1. The molecule has 0 radical (unpaired) electrons. The highest BCUT2D eigenvalue weighted by atomic mass is 79.9. The van der Waals surface area contributed by atoms with Crippen LogP contribution in [0.3, 0.4) is 0 Å². The topological polar surface area (TPSA) is 61.1 Å². The fraction of sp³-hybridized carbons (Fsp3) is 0.200. The van der Waals surface area contributed by atoms with E-state index in [4.69, 9.17) is 10.4 Å². The third kappa shape index (κ3) is 1.94. The molecule has 4 heteroatoms. The number of carbonyl (C=O) groups is 1. The van der Waals surface area contributed by atoms with Gasteiger partial charge >= 0.3 is 5.97 Å². The Kier molecular flexibility index (Phi) is 3.26. The molecule has 0 aromatic heterocycles. The van der Waals surface area contributed by atoms with Gasteiger partial charge in [-0.2, -0.15) is 5.26 Å². The molecule has 0 aliphatic carbocycles. The first-order valence-corrected chi connectivity index (χ1v) is 4.85. The predicted octanol–water partition coefficient (Wildman–Crippen LogP) is 2.58. The van der Waals surface area contributed by atoms with Gasteiger partial charge in [0.05, 0.1) is 11.1 Å². The van der Waals surface area contributed by atoms with Crippen molar-refractivity contribution in [3.05, 3.63) is 33.3 Å². The van der Waals surface area contributed by atoms with Gasteiger partial charge in [-0.05, 0) is 24.1 Å². The van der Waals surface area contributed by atoms with Crippen LogP contribution in [-0.2, 0) is 6.42 Å². The van der Waals surface area contributed by atoms with Crippen LogP contribution in [-0.4, -0.2) is 11.1 Å². The van der Waals surface area contributed by atoms with Crippen molar-refractivity contribution in [1.29, 1.82) is 5.26 Å². The van der Waals surface area contributed by atoms with Crippen LogP contribution in [0.1, 0.15) is 28.4 Å². The molecule has 1 N–H and O–H groups in total. The summed E-state index contributed by atoms with van der Waals surface area (Å²) in [5.41, 5.74) is 1.13. The minimum absolute atomic E-state index is 0.0625. The fourth-order valence-electron chi connectivity index (χ4n) is 1.16. The number of hydrogen-bond acceptors (Lipinski definition) is 2. The summed E-state index contributed by atoms with van der Waals surface area (Å²) < 4.78 is 0.779. The molecule has 1 aromatic carbocycles. The largest absolute Gasteiger partial charge is 0.478 e. The van der Waals surface area contributed by atoms with E-state index in [2.05, 4.69) is 15.9 Å². The lowest BCUT2D eigenvalue weighted by molar-refractivity contribution is 0.0696. The first-order chi connectivity index (χ1) is 6.60. The van der Waals surface area contributed by atoms with Crippen LogP contribution in [0.2, 0.25) is 0 Å². The molecule has 1 aromatic rings. The molecule has 0 bridgehead atoms. The molecule has 0 aliphatic heterocycles. The van der Waals surface area contributed by atoms with E-state index in [1.807, 2.05) is 13.0 Å². The molecule has 0 saturated heterocycles. The normalized spacial score (nSPS) is 9.50. The van der Waals surface area contributed by atoms with Crippen molar-refractivity contribution in [2.45, 2.75) is 13.3 Å². The van der Waals surface area contributed by atoms with Crippen LogP contribution in [0.5, 0.6) is 0 Å². The molecule has 0 saturated carbocycles. The van der Waals surface area contributed by atoms with Crippen LogP contribution in [0, 0.1) is 11.3 Å². The van der Waals surface area contributed by atoms with Gasteiger partial charge in [0, 0.05) is 4.47 Å². The highest BCUT2D eigenvalue weighted by Crippen LogP contribution is 2.22. The van der Waals surface area contributed by atoms with Gasteiger partial charge in [0.2, 0.25) is 0 Å². The second-order valence-electron chi connectivity index (χ2n) is 2.76. The quantitative estimate of drug-likeness (QED) is 0.882. The molecule has 0 fully saturated rings. The molecule has 0 amide bonds. The summed E-state index contributed by atoms with van der Waals surface area (Å²) in [7, 11) is 0. The predicted molar refractivity (Wildman–Crippen MR) is 55.2 cm³/mol. The molecule has 0 heterocycles. The van der Waals surface area contributed by atoms with E-state index in [9.17, 15) is 4.79 Å². The molecular formula is C10H8BrNO2. The van der Waals surface area contributed by atoms with Gasteiger partial charge in [0.25, 0.3) is 0 Å². The SMILES string of the molecule is CCc1cc(C(=O)O)c(C#N)cc1Br. The molecule has 0 aliphatic rings. The number of carboxylic acids is 1. The Bertz CT molecular complexity index is 421. The molecule has 3 nitrogen and oxygen atoms in total. The van der Waals surface area contributed by atoms with Gasteiger partial charge in [-0.15, -0.1) is 0 Å². The summed E-state index contributed by atoms with van der Waals surface area (Å²) in [5, 5.41) is 17.6. The number of halogens is 1. The van der Waals surface area contributed by atoms with Gasteiger partial charge in [-0.25, -0.2) is 4.79 Å². The number of hydrogen-bond donors (Lipinski definition) is 1. The number of aromatic carboxylic acids is 1. The van der Waals surface area contributed by atoms with Gasteiger partial charge in [0.15, 0.2) is 0 Å². The van der Waals surface area contributed by atoms with Crippen molar-refractivity contribution in [3.8, 4) is 6.07 Å². The third-order valence-corrected chi connectivity index (χ3v) is 2.66. The Morgan fingerprint density at radius 3 is 2.71 bits per heavy atom. The second-order valence-corrected chi connectivity index (χ2v) is 3.61. The zero-order valence-electron chi connectivity index (χ0n) is 7.54. The number of carboxylic acid groups (broad SMARTS) is 1. The number of benzene rings is 1. The van der Waals surface area contributed by atoms with Gasteiger partial charge in [-0.1, -0.05) is 22.9 Å². The first-order valence-electron chi connectivity index (χ1n) is 4.06. The summed E-state index contributed by atoms with van der Waals surface area (Å²) in [4.78, 5) is 10.8. The van der Waals surface area contributed by atoms with Crippen molar-refractivity contribution < 1.29 is 9.90 Å². The van der Waals surface area contributed by atoms with Crippen molar-refractivity contribution in [2.24, 2.45) is 0 Å². The maximum Gasteiger partial charge on any atom is 0.337 e. The maximum atomic E-state index is 10.8. The van der Waals surface area contributed by atoms with E-state index in [0.717, 1.165) is 16.5 Å². The standard InChI is InChI=1S/C10H8BrNO2/c1-2-6-3-8(10(13)14)7(5-12)4-9(6)11/h3-4H,2H2,1H3,(H,13,14). The summed E-state index contributed by atoms with van der Waals surface area (Å²) >= 11 is 3.29. The lowest BCUT2D eigenvalue weighted by Gasteiger charge is -2.04. The number of rotatable bonds is 2. The van der Waals surface area contributed by atoms with Crippen molar-refractivity contribution in [3.63, 3.8) is 0 Å². The third-order valence-electron chi connectivity index (χ3n) is 1.92. The summed E-state index contributed by atoms with van der Waals surface area (Å²) in [6.45, 7) is 1.93. The highest BCUT2D eigenvalue weighted by Gasteiger charge is 2.12. The Morgan fingerprint density at radius 1 is 1.64 bits per heavy atom. The van der Waals surface area contributed by atoms with Crippen molar-refractivity contribution >= 4 is 21.9 Å². The monoisotopic (exact) mass is 253 g/mol. The van der Waals surface area contributed by atoms with Crippen LogP contribution < -0.4 is 0 Å². The lowest BCUT2D eigenvalue weighted by Crippen LogP contribution is -2.02. The molecule has 72 valence electrons. The summed E-state index contributed by atoms with van der Waals surface area (Å²) in [5.74, 6) is -1.07. The van der Waals surface area contributed by atoms with E-state index in [0.29, 0.717) is 0 Å². The summed E-state index contributed by atoms with van der Waals surface area (Å²) in [6, 6.07) is 4.93. The average Bonchev–Trinajstić information content (AvgIpc) is 2.16. The zero-order chi connectivity index (χ0) is 10.7. The van der Waals surface area contributed by atoms with Crippen LogP contribution >= 0.6 is 15.9 Å². The number of aryl methyl sites for hydroxylation is 1. The zero-order valence-corrected chi connectivity index (χ0v) is 9.13. The van der Waals surface area contributed by atoms with E-state index in [1.54, 1.807) is 6.07 Å². The average molecular weight is 254 g/mol. The van der Waals surface area contributed by atoms with E-state index in [1.165, 1.54) is 6.07 Å². The Labute approximate surface area is 90.1 Å². The second kappa shape index (κ2) is 4.25. The molecule has 1 rings (SSSR count). The van der Waals surface area contributed by atoms with Crippen LogP contribution in [0.4, 0.5) is 0 Å². The minimum Gasteiger partial charge on any atom is -0.478 e. The van der Waals surface area contributed by atoms with E-state index in [-0.39, 0.29) is 11.1 Å². The molecule has 14 heavy (non-hydrogen) atoms. The molecule has 0 atom stereocenters. The Balaban J connectivity index is 3.42. The van der Waals surface area contributed by atoms with Crippen molar-refractivity contribution in [1.82, 2.24) is 0 Å². The Hall–Kier alpha value is -1.34. The van der Waals surface area contributed by atoms with Crippen LogP contribution in [0.25, 0.3) is 0 Å². The van der Waals surface area contributed by atoms with Gasteiger partial charge in [-0.3, -0.25) is 0 Å². The maximum absolute atomic E-state index is 10.8. The molecular weight excluding hydrogens is 246 g/mol. The van der Waals surface area contributed by atoms with E-state index < -0.39 is 5.97 Å².